The molecule has 3 N–H and O–H groups in total. The Morgan fingerprint density at radius 2 is 2.00 bits per heavy atom. The summed E-state index contributed by atoms with van der Waals surface area (Å²) in [6.45, 7) is 3.57. The lowest BCUT2D eigenvalue weighted by atomic mass is 10.0. The maximum atomic E-state index is 11.6. The second-order valence-electron chi connectivity index (χ2n) is 4.26. The van der Waals surface area contributed by atoms with Crippen molar-refractivity contribution in [3.63, 3.8) is 0 Å². The third kappa shape index (κ3) is 4.18. The fraction of sp³-hybridized carbons (Fsp3) is 0.385. The average Bonchev–Trinajstić information content (AvgIpc) is 2.30. The normalized spacial score (nSPS) is 11.9. The van der Waals surface area contributed by atoms with Crippen LogP contribution in [0.1, 0.15) is 16.7 Å². The molecule has 98 valence electrons. The molecule has 1 aromatic rings. The number of amides is 1. The fourth-order valence-electron chi connectivity index (χ4n) is 1.52. The van der Waals surface area contributed by atoms with Gasteiger partial charge in [-0.3, -0.25) is 4.79 Å². The molecule has 1 rings (SSSR count). The van der Waals surface area contributed by atoms with Crippen LogP contribution < -0.4 is 5.32 Å². The van der Waals surface area contributed by atoms with Gasteiger partial charge in [-0.25, -0.2) is 4.79 Å². The first kappa shape index (κ1) is 14.2. The van der Waals surface area contributed by atoms with Gasteiger partial charge < -0.3 is 15.5 Å². The molecule has 0 fully saturated rings. The number of carbonyl (C=O) groups excluding carboxylic acids is 1. The van der Waals surface area contributed by atoms with Gasteiger partial charge in [0.1, 0.15) is 0 Å². The fourth-order valence-corrected chi connectivity index (χ4v) is 1.52. The van der Waals surface area contributed by atoms with E-state index in [1.165, 1.54) is 0 Å². The van der Waals surface area contributed by atoms with Crippen LogP contribution in [0.5, 0.6) is 0 Å². The zero-order chi connectivity index (χ0) is 13.7. The van der Waals surface area contributed by atoms with Crippen LogP contribution in [0.4, 0.5) is 0 Å². The third-order valence-corrected chi connectivity index (χ3v) is 2.63. The quantitative estimate of drug-likeness (QED) is 0.707. The SMILES string of the molecule is Cc1ccc(C)c(CC(=O)NC[C@H](O)C(=O)O)c1. The number of hydrogen-bond acceptors (Lipinski definition) is 3. The summed E-state index contributed by atoms with van der Waals surface area (Å²) < 4.78 is 0. The van der Waals surface area contributed by atoms with Crippen molar-refractivity contribution in [1.82, 2.24) is 5.32 Å². The Hall–Kier alpha value is -1.88. The van der Waals surface area contributed by atoms with E-state index in [2.05, 4.69) is 5.32 Å². The summed E-state index contributed by atoms with van der Waals surface area (Å²) >= 11 is 0. The molecule has 0 aliphatic carbocycles. The minimum atomic E-state index is -1.56. The van der Waals surface area contributed by atoms with Gasteiger partial charge in [0, 0.05) is 0 Å². The summed E-state index contributed by atoms with van der Waals surface area (Å²) in [4.78, 5) is 22.0. The van der Waals surface area contributed by atoms with Crippen LogP contribution in [0.25, 0.3) is 0 Å². The minimum absolute atomic E-state index is 0.180. The van der Waals surface area contributed by atoms with Crippen molar-refractivity contribution >= 4 is 11.9 Å². The standard InChI is InChI=1S/C13H17NO4/c1-8-3-4-9(2)10(5-8)6-12(16)14-7-11(15)13(17)18/h3-5,11,15H,6-7H2,1-2H3,(H,14,16)(H,17,18)/t11-/m0/s1. The molecule has 0 bridgehead atoms. The molecule has 1 amide bonds. The summed E-state index contributed by atoms with van der Waals surface area (Å²) in [7, 11) is 0. The van der Waals surface area contributed by atoms with Crippen molar-refractivity contribution in [1.29, 1.82) is 0 Å². The van der Waals surface area contributed by atoms with Crippen LogP contribution in [0.2, 0.25) is 0 Å². The molecule has 0 aromatic heterocycles. The smallest absolute Gasteiger partial charge is 0.334 e. The monoisotopic (exact) mass is 251 g/mol. The molecule has 0 aliphatic rings. The van der Waals surface area contributed by atoms with Crippen LogP contribution in [0.15, 0.2) is 18.2 Å². The third-order valence-electron chi connectivity index (χ3n) is 2.63. The number of carboxylic acid groups (broad SMARTS) is 1. The van der Waals surface area contributed by atoms with E-state index in [1.54, 1.807) is 0 Å². The van der Waals surface area contributed by atoms with Gasteiger partial charge in [0.25, 0.3) is 0 Å². The lowest BCUT2D eigenvalue weighted by Gasteiger charge is -2.09. The summed E-state index contributed by atoms with van der Waals surface area (Å²) in [5, 5.41) is 19.9. The first-order valence-electron chi connectivity index (χ1n) is 5.64. The zero-order valence-electron chi connectivity index (χ0n) is 10.4. The van der Waals surface area contributed by atoms with Crippen molar-refractivity contribution in [2.45, 2.75) is 26.4 Å². The number of hydrogen-bond donors (Lipinski definition) is 3. The van der Waals surface area contributed by atoms with Crippen molar-refractivity contribution < 1.29 is 19.8 Å². The van der Waals surface area contributed by atoms with Crippen LogP contribution in [-0.2, 0) is 16.0 Å². The highest BCUT2D eigenvalue weighted by molar-refractivity contribution is 5.80. The lowest BCUT2D eigenvalue weighted by molar-refractivity contribution is -0.146. The molecule has 1 atom stereocenters. The van der Waals surface area contributed by atoms with Gasteiger partial charge >= 0.3 is 5.97 Å². The molecule has 0 heterocycles. The molecular formula is C13H17NO4. The van der Waals surface area contributed by atoms with E-state index in [4.69, 9.17) is 10.2 Å². The maximum Gasteiger partial charge on any atom is 0.334 e. The van der Waals surface area contributed by atoms with Crippen molar-refractivity contribution in [3.8, 4) is 0 Å². The summed E-state index contributed by atoms with van der Waals surface area (Å²) in [6, 6.07) is 5.82. The van der Waals surface area contributed by atoms with E-state index in [-0.39, 0.29) is 18.9 Å². The Bertz CT molecular complexity index is 456. The Labute approximate surface area is 105 Å². The number of aryl methyl sites for hydroxylation is 2. The molecule has 0 aliphatic heterocycles. The van der Waals surface area contributed by atoms with E-state index in [0.717, 1.165) is 16.7 Å². The number of aliphatic hydroxyl groups is 1. The van der Waals surface area contributed by atoms with Crippen molar-refractivity contribution in [2.75, 3.05) is 6.54 Å². The van der Waals surface area contributed by atoms with Gasteiger partial charge in [-0.1, -0.05) is 23.8 Å². The maximum absolute atomic E-state index is 11.6. The highest BCUT2D eigenvalue weighted by Gasteiger charge is 2.14. The molecule has 0 unspecified atom stereocenters. The Kier molecular flexibility index (Phi) is 4.85. The van der Waals surface area contributed by atoms with Crippen molar-refractivity contribution in [3.05, 3.63) is 34.9 Å². The van der Waals surface area contributed by atoms with Gasteiger partial charge in [0.2, 0.25) is 5.91 Å². The Morgan fingerprint density at radius 1 is 1.33 bits per heavy atom. The van der Waals surface area contributed by atoms with Crippen molar-refractivity contribution in [2.24, 2.45) is 0 Å². The molecule has 0 saturated carbocycles. The van der Waals surface area contributed by atoms with E-state index in [9.17, 15) is 9.59 Å². The highest BCUT2D eigenvalue weighted by Crippen LogP contribution is 2.11. The van der Waals surface area contributed by atoms with E-state index in [0.29, 0.717) is 0 Å². The molecule has 0 spiro atoms. The van der Waals surface area contributed by atoms with Gasteiger partial charge in [-0.2, -0.15) is 0 Å². The number of nitrogens with one attached hydrogen (secondary N) is 1. The number of benzene rings is 1. The van der Waals surface area contributed by atoms with E-state index in [1.807, 2.05) is 32.0 Å². The van der Waals surface area contributed by atoms with Crippen LogP contribution in [-0.4, -0.2) is 34.7 Å². The minimum Gasteiger partial charge on any atom is -0.479 e. The predicted molar refractivity (Wildman–Crippen MR) is 66.3 cm³/mol. The predicted octanol–water partition coefficient (Wildman–Crippen LogP) is 0.408. The molecular weight excluding hydrogens is 234 g/mol. The number of aliphatic hydroxyl groups excluding tert-OH is 1. The highest BCUT2D eigenvalue weighted by atomic mass is 16.4. The largest absolute Gasteiger partial charge is 0.479 e. The number of rotatable bonds is 5. The average molecular weight is 251 g/mol. The van der Waals surface area contributed by atoms with E-state index >= 15 is 0 Å². The summed E-state index contributed by atoms with van der Waals surface area (Å²) in [6.07, 6.45) is -1.38. The van der Waals surface area contributed by atoms with Crippen LogP contribution in [0, 0.1) is 13.8 Å². The summed E-state index contributed by atoms with van der Waals surface area (Å²) in [5.41, 5.74) is 2.97. The Balaban J connectivity index is 2.54. The molecule has 5 heteroatoms. The molecule has 0 saturated heterocycles. The second-order valence-corrected chi connectivity index (χ2v) is 4.26. The first-order chi connectivity index (χ1) is 8.40. The van der Waals surface area contributed by atoms with Crippen LogP contribution in [0.3, 0.4) is 0 Å². The first-order valence-corrected chi connectivity index (χ1v) is 5.64. The number of carbonyl (C=O) groups is 2. The Morgan fingerprint density at radius 3 is 2.61 bits per heavy atom. The molecule has 5 nitrogen and oxygen atoms in total. The number of carboxylic acids is 1. The zero-order valence-corrected chi connectivity index (χ0v) is 10.4. The molecule has 0 radical (unpaired) electrons. The van der Waals surface area contributed by atoms with Crippen LogP contribution >= 0.6 is 0 Å². The lowest BCUT2D eigenvalue weighted by Crippen LogP contribution is -2.37. The topological polar surface area (TPSA) is 86.6 Å². The van der Waals surface area contributed by atoms with Gasteiger partial charge in [-0.15, -0.1) is 0 Å². The second kappa shape index (κ2) is 6.16. The van der Waals surface area contributed by atoms with Gasteiger partial charge in [0.05, 0.1) is 13.0 Å². The summed E-state index contributed by atoms with van der Waals surface area (Å²) in [5.74, 6) is -1.65. The van der Waals surface area contributed by atoms with Gasteiger partial charge in [0.15, 0.2) is 6.10 Å². The number of aliphatic carboxylic acids is 1. The molecule has 18 heavy (non-hydrogen) atoms. The molecule has 1 aromatic carbocycles. The van der Waals surface area contributed by atoms with E-state index < -0.39 is 12.1 Å². The van der Waals surface area contributed by atoms with Gasteiger partial charge in [-0.05, 0) is 25.0 Å².